The molecule has 0 saturated heterocycles. The van der Waals surface area contributed by atoms with E-state index < -0.39 is 0 Å². The zero-order chi connectivity index (χ0) is 18.6. The highest BCUT2D eigenvalue weighted by molar-refractivity contribution is 14.0. The molecule has 0 amide bonds. The highest BCUT2D eigenvalue weighted by atomic mass is 127. The molecule has 0 atom stereocenters. The van der Waals surface area contributed by atoms with Gasteiger partial charge in [0.25, 0.3) is 0 Å². The van der Waals surface area contributed by atoms with Crippen molar-refractivity contribution in [2.45, 2.75) is 33.7 Å². The van der Waals surface area contributed by atoms with Crippen molar-refractivity contribution < 1.29 is 4.74 Å². The average molecular weight is 485 g/mol. The molecule has 2 rings (SSSR count). The van der Waals surface area contributed by atoms with Crippen LogP contribution in [-0.4, -0.2) is 42.0 Å². The molecule has 27 heavy (non-hydrogen) atoms. The minimum atomic E-state index is 0. The van der Waals surface area contributed by atoms with Gasteiger partial charge in [-0.25, -0.2) is 9.67 Å². The van der Waals surface area contributed by atoms with E-state index in [0.29, 0.717) is 12.5 Å². The lowest BCUT2D eigenvalue weighted by atomic mass is 10.2. The van der Waals surface area contributed by atoms with E-state index >= 15 is 0 Å². The van der Waals surface area contributed by atoms with E-state index in [1.807, 2.05) is 29.1 Å². The van der Waals surface area contributed by atoms with Gasteiger partial charge < -0.3 is 15.4 Å². The quantitative estimate of drug-likeness (QED) is 0.234. The first-order valence-electron chi connectivity index (χ1n) is 9.38. The van der Waals surface area contributed by atoms with Crippen LogP contribution in [0.3, 0.4) is 0 Å². The minimum absolute atomic E-state index is 0. The number of aliphatic imine (C=N–C) groups is 1. The number of nitrogens with one attached hydrogen (secondary N) is 2. The van der Waals surface area contributed by atoms with E-state index in [9.17, 15) is 0 Å². The summed E-state index contributed by atoms with van der Waals surface area (Å²) < 4.78 is 7.46. The van der Waals surface area contributed by atoms with Crippen molar-refractivity contribution in [1.29, 1.82) is 0 Å². The Bertz CT molecular complexity index is 658. The van der Waals surface area contributed by atoms with Crippen molar-refractivity contribution in [3.05, 3.63) is 48.3 Å². The molecule has 0 saturated carbocycles. The molecule has 0 unspecified atom stereocenters. The number of halogens is 1. The Kier molecular flexibility index (Phi) is 11.8. The fourth-order valence-corrected chi connectivity index (χ4v) is 2.43. The van der Waals surface area contributed by atoms with Crippen molar-refractivity contribution in [3.8, 4) is 5.69 Å². The fourth-order valence-electron chi connectivity index (χ4n) is 2.43. The summed E-state index contributed by atoms with van der Waals surface area (Å²) in [5, 5.41) is 10.9. The van der Waals surface area contributed by atoms with Gasteiger partial charge in [-0.1, -0.05) is 26.0 Å². The minimum Gasteiger partial charge on any atom is -0.381 e. The number of ether oxygens (including phenoxy) is 1. The summed E-state index contributed by atoms with van der Waals surface area (Å²) >= 11 is 0. The largest absolute Gasteiger partial charge is 0.381 e. The molecule has 0 fully saturated rings. The maximum Gasteiger partial charge on any atom is 0.191 e. The van der Waals surface area contributed by atoms with Crippen LogP contribution in [0.15, 0.2) is 47.7 Å². The summed E-state index contributed by atoms with van der Waals surface area (Å²) in [6.07, 6.45) is 4.68. The summed E-state index contributed by atoms with van der Waals surface area (Å²) in [6, 6.07) is 10.2. The van der Waals surface area contributed by atoms with Gasteiger partial charge in [-0.2, -0.15) is 5.10 Å². The standard InChI is InChI=1S/C20H31N5O.HI/c1-4-21-20(22-10-7-13-26-16-17(2)3)23-15-18-8-5-9-19(14-18)25-12-6-11-24-25;/h5-6,8-9,11-12,14,17H,4,7,10,13,15-16H2,1-3H3,(H2,21,22,23);1H. The number of nitrogens with zero attached hydrogens (tertiary/aromatic N) is 3. The van der Waals surface area contributed by atoms with Crippen LogP contribution < -0.4 is 10.6 Å². The molecule has 1 aromatic heterocycles. The van der Waals surface area contributed by atoms with Crippen molar-refractivity contribution in [2.24, 2.45) is 10.9 Å². The normalized spacial score (nSPS) is 11.3. The second kappa shape index (κ2) is 13.5. The van der Waals surface area contributed by atoms with Crippen LogP contribution in [0, 0.1) is 5.92 Å². The molecule has 0 bridgehead atoms. The molecule has 0 aliphatic carbocycles. The third kappa shape index (κ3) is 9.23. The van der Waals surface area contributed by atoms with Crippen molar-refractivity contribution in [2.75, 3.05) is 26.3 Å². The van der Waals surface area contributed by atoms with Gasteiger partial charge in [-0.3, -0.25) is 0 Å². The molecule has 2 N–H and O–H groups in total. The van der Waals surface area contributed by atoms with E-state index in [2.05, 4.69) is 53.6 Å². The van der Waals surface area contributed by atoms with Gasteiger partial charge in [0.1, 0.15) is 0 Å². The fraction of sp³-hybridized carbons (Fsp3) is 0.500. The highest BCUT2D eigenvalue weighted by Gasteiger charge is 2.01. The Labute approximate surface area is 179 Å². The van der Waals surface area contributed by atoms with E-state index in [-0.39, 0.29) is 24.0 Å². The lowest BCUT2D eigenvalue weighted by molar-refractivity contribution is 0.108. The van der Waals surface area contributed by atoms with Gasteiger partial charge in [0, 0.05) is 38.7 Å². The van der Waals surface area contributed by atoms with E-state index in [1.54, 1.807) is 6.20 Å². The van der Waals surface area contributed by atoms with Gasteiger partial charge in [0.2, 0.25) is 0 Å². The van der Waals surface area contributed by atoms with Gasteiger partial charge >= 0.3 is 0 Å². The molecule has 0 radical (unpaired) electrons. The molecule has 2 aromatic rings. The Morgan fingerprint density at radius 1 is 1.26 bits per heavy atom. The van der Waals surface area contributed by atoms with Gasteiger partial charge in [0.15, 0.2) is 5.96 Å². The molecule has 150 valence electrons. The van der Waals surface area contributed by atoms with Gasteiger partial charge in [-0.15, -0.1) is 24.0 Å². The number of benzene rings is 1. The summed E-state index contributed by atoms with van der Waals surface area (Å²) in [4.78, 5) is 4.68. The number of rotatable bonds is 10. The van der Waals surface area contributed by atoms with E-state index in [4.69, 9.17) is 4.74 Å². The predicted octanol–water partition coefficient (Wildman–Crippen LogP) is 3.61. The Morgan fingerprint density at radius 2 is 2.11 bits per heavy atom. The Morgan fingerprint density at radius 3 is 2.81 bits per heavy atom. The van der Waals surface area contributed by atoms with Crippen LogP contribution >= 0.6 is 24.0 Å². The molecule has 1 aromatic carbocycles. The first-order valence-corrected chi connectivity index (χ1v) is 9.38. The zero-order valence-corrected chi connectivity index (χ0v) is 18.8. The Hall–Kier alpha value is -1.61. The van der Waals surface area contributed by atoms with Crippen LogP contribution in [0.5, 0.6) is 0 Å². The van der Waals surface area contributed by atoms with Crippen LogP contribution in [0.1, 0.15) is 32.8 Å². The molecule has 0 spiro atoms. The summed E-state index contributed by atoms with van der Waals surface area (Å²) in [7, 11) is 0. The summed E-state index contributed by atoms with van der Waals surface area (Å²) in [5.41, 5.74) is 2.19. The van der Waals surface area contributed by atoms with Gasteiger partial charge in [0.05, 0.1) is 12.2 Å². The average Bonchev–Trinajstić information content (AvgIpc) is 3.17. The number of aromatic nitrogens is 2. The third-order valence-electron chi connectivity index (χ3n) is 3.65. The highest BCUT2D eigenvalue weighted by Crippen LogP contribution is 2.10. The topological polar surface area (TPSA) is 63.5 Å². The van der Waals surface area contributed by atoms with Crippen LogP contribution in [0.2, 0.25) is 0 Å². The number of guanidine groups is 1. The van der Waals surface area contributed by atoms with Crippen LogP contribution in [0.4, 0.5) is 0 Å². The SMILES string of the molecule is CCNC(=NCc1cccc(-n2cccn2)c1)NCCCOCC(C)C.I. The second-order valence-electron chi connectivity index (χ2n) is 6.56. The van der Waals surface area contributed by atoms with Crippen molar-refractivity contribution in [3.63, 3.8) is 0 Å². The molecular weight excluding hydrogens is 453 g/mol. The lowest BCUT2D eigenvalue weighted by Crippen LogP contribution is -2.38. The van der Waals surface area contributed by atoms with E-state index in [0.717, 1.165) is 49.9 Å². The number of hydrogen-bond acceptors (Lipinski definition) is 3. The molecule has 6 nitrogen and oxygen atoms in total. The molecular formula is C20H32IN5O. The zero-order valence-electron chi connectivity index (χ0n) is 16.5. The van der Waals surface area contributed by atoms with Gasteiger partial charge in [-0.05, 0) is 43.0 Å². The van der Waals surface area contributed by atoms with Crippen molar-refractivity contribution >= 4 is 29.9 Å². The van der Waals surface area contributed by atoms with Crippen LogP contribution in [0.25, 0.3) is 5.69 Å². The maximum absolute atomic E-state index is 5.61. The molecule has 0 aliphatic rings. The monoisotopic (exact) mass is 485 g/mol. The number of hydrogen-bond donors (Lipinski definition) is 2. The summed E-state index contributed by atoms with van der Waals surface area (Å²) in [6.45, 7) is 10.3. The van der Waals surface area contributed by atoms with Crippen LogP contribution in [-0.2, 0) is 11.3 Å². The smallest absolute Gasteiger partial charge is 0.191 e. The predicted molar refractivity (Wildman–Crippen MR) is 122 cm³/mol. The Balaban J connectivity index is 0.00000364. The first kappa shape index (κ1) is 23.4. The second-order valence-corrected chi connectivity index (χ2v) is 6.56. The summed E-state index contributed by atoms with van der Waals surface area (Å²) in [5.74, 6) is 1.42. The third-order valence-corrected chi connectivity index (χ3v) is 3.65. The van der Waals surface area contributed by atoms with Crippen molar-refractivity contribution in [1.82, 2.24) is 20.4 Å². The lowest BCUT2D eigenvalue weighted by Gasteiger charge is -2.12. The molecule has 1 heterocycles. The van der Waals surface area contributed by atoms with E-state index in [1.165, 1.54) is 0 Å². The molecule has 7 heteroatoms. The first-order chi connectivity index (χ1) is 12.7. The maximum atomic E-state index is 5.61. The molecule has 0 aliphatic heterocycles.